The van der Waals surface area contributed by atoms with Gasteiger partial charge in [0.1, 0.15) is 5.82 Å². The largest absolute Gasteiger partial charge is 0.354 e. The van der Waals surface area contributed by atoms with Gasteiger partial charge in [-0.05, 0) is 49.9 Å². The molecular formula is C20H26N4OS. The third-order valence-electron chi connectivity index (χ3n) is 5.48. The van der Waals surface area contributed by atoms with Gasteiger partial charge in [-0.1, -0.05) is 6.92 Å². The van der Waals surface area contributed by atoms with Crippen molar-refractivity contribution in [1.29, 1.82) is 0 Å². The summed E-state index contributed by atoms with van der Waals surface area (Å²) in [6.45, 7) is 6.39. The number of anilines is 2. The highest BCUT2D eigenvalue weighted by Crippen LogP contribution is 2.33. The van der Waals surface area contributed by atoms with Crippen LogP contribution in [0.3, 0.4) is 0 Å². The lowest BCUT2D eigenvalue weighted by atomic mass is 9.88. The summed E-state index contributed by atoms with van der Waals surface area (Å²) in [5, 5.41) is 5.04. The third-order valence-corrected chi connectivity index (χ3v) is 6.53. The first-order valence-corrected chi connectivity index (χ1v) is 10.3. The Morgan fingerprint density at radius 1 is 1.27 bits per heavy atom. The molecule has 0 saturated carbocycles. The first-order valence-electron chi connectivity index (χ1n) is 9.40. The zero-order valence-electron chi connectivity index (χ0n) is 15.5. The Labute approximate surface area is 159 Å². The van der Waals surface area contributed by atoms with Gasteiger partial charge in [-0.25, -0.2) is 4.98 Å². The summed E-state index contributed by atoms with van der Waals surface area (Å²) in [6.07, 6.45) is 5.07. The van der Waals surface area contributed by atoms with Crippen LogP contribution < -0.4 is 10.2 Å². The van der Waals surface area contributed by atoms with E-state index < -0.39 is 0 Å². The molecule has 1 aliphatic heterocycles. The molecule has 1 N–H and O–H groups in total. The molecule has 0 unspecified atom stereocenters. The van der Waals surface area contributed by atoms with Crippen LogP contribution in [-0.2, 0) is 12.8 Å². The Morgan fingerprint density at radius 3 is 2.81 bits per heavy atom. The Kier molecular flexibility index (Phi) is 4.96. The molecule has 2 aromatic rings. The monoisotopic (exact) mass is 370 g/mol. The van der Waals surface area contributed by atoms with Crippen LogP contribution in [0.4, 0.5) is 11.5 Å². The van der Waals surface area contributed by atoms with E-state index in [4.69, 9.17) is 0 Å². The molecule has 1 atom stereocenters. The van der Waals surface area contributed by atoms with Crippen LogP contribution in [0, 0.1) is 5.92 Å². The molecule has 26 heavy (non-hydrogen) atoms. The van der Waals surface area contributed by atoms with Gasteiger partial charge >= 0.3 is 0 Å². The number of aromatic nitrogens is 1. The van der Waals surface area contributed by atoms with E-state index in [0.717, 1.165) is 62.0 Å². The standard InChI is InChI=1S/C20H26N4OS/c1-14-3-5-16-17(13-26-18(16)11-14)20(25)22-15-4-6-19(21-12-15)24-9-7-23(2)8-10-24/h4,6,12-14H,3,5,7-11H2,1-2H3,(H,22,25)/t14-/m0/s1. The van der Waals surface area contributed by atoms with Crippen molar-refractivity contribution in [1.82, 2.24) is 9.88 Å². The van der Waals surface area contributed by atoms with Crippen LogP contribution in [-0.4, -0.2) is 49.0 Å². The van der Waals surface area contributed by atoms with Crippen LogP contribution in [0.1, 0.15) is 34.1 Å². The molecule has 4 rings (SSSR count). The lowest BCUT2D eigenvalue weighted by Crippen LogP contribution is -2.44. The lowest BCUT2D eigenvalue weighted by molar-refractivity contribution is 0.102. The SMILES string of the molecule is C[C@H]1CCc2c(C(=O)Nc3ccc(N4CCN(C)CC4)nc3)csc2C1. The van der Waals surface area contributed by atoms with Gasteiger partial charge in [0.25, 0.3) is 5.91 Å². The van der Waals surface area contributed by atoms with E-state index in [-0.39, 0.29) is 5.91 Å². The fraction of sp³-hybridized carbons (Fsp3) is 0.500. The summed E-state index contributed by atoms with van der Waals surface area (Å²) in [5.41, 5.74) is 2.87. The highest BCUT2D eigenvalue weighted by atomic mass is 32.1. The van der Waals surface area contributed by atoms with E-state index in [1.807, 2.05) is 17.5 Å². The van der Waals surface area contributed by atoms with Gasteiger partial charge in [0, 0.05) is 36.4 Å². The van der Waals surface area contributed by atoms with E-state index in [1.165, 1.54) is 16.9 Å². The number of carbonyl (C=O) groups excluding carboxylic acids is 1. The van der Waals surface area contributed by atoms with Gasteiger partial charge in [0.05, 0.1) is 17.4 Å². The number of thiophene rings is 1. The molecule has 2 aliphatic rings. The predicted molar refractivity (Wildman–Crippen MR) is 107 cm³/mol. The zero-order chi connectivity index (χ0) is 18.1. The summed E-state index contributed by atoms with van der Waals surface area (Å²) in [4.78, 5) is 23.3. The molecule has 1 amide bonds. The van der Waals surface area contributed by atoms with E-state index in [0.29, 0.717) is 0 Å². The van der Waals surface area contributed by atoms with Gasteiger partial charge in [0.2, 0.25) is 0 Å². The second kappa shape index (κ2) is 7.37. The highest BCUT2D eigenvalue weighted by Gasteiger charge is 2.23. The predicted octanol–water partition coefficient (Wildman–Crippen LogP) is 3.27. The average molecular weight is 371 g/mol. The van der Waals surface area contributed by atoms with E-state index in [2.05, 4.69) is 34.1 Å². The molecule has 0 spiro atoms. The fourth-order valence-electron chi connectivity index (χ4n) is 3.75. The minimum absolute atomic E-state index is 0.00815. The molecule has 3 heterocycles. The fourth-order valence-corrected chi connectivity index (χ4v) is 4.99. The molecular weight excluding hydrogens is 344 g/mol. The first kappa shape index (κ1) is 17.5. The number of carbonyl (C=O) groups is 1. The van der Waals surface area contributed by atoms with Crippen LogP contribution in [0.5, 0.6) is 0 Å². The van der Waals surface area contributed by atoms with Crippen LogP contribution in [0.2, 0.25) is 0 Å². The van der Waals surface area contributed by atoms with E-state index in [1.54, 1.807) is 17.5 Å². The number of nitrogens with zero attached hydrogens (tertiary/aromatic N) is 3. The van der Waals surface area contributed by atoms with Crippen molar-refractivity contribution in [2.24, 2.45) is 5.92 Å². The van der Waals surface area contributed by atoms with Crippen LogP contribution in [0.25, 0.3) is 0 Å². The van der Waals surface area contributed by atoms with Gasteiger partial charge in [-0.2, -0.15) is 0 Å². The van der Waals surface area contributed by atoms with Crippen molar-refractivity contribution in [3.05, 3.63) is 39.7 Å². The van der Waals surface area contributed by atoms with Gasteiger partial charge in [-0.15, -0.1) is 11.3 Å². The quantitative estimate of drug-likeness (QED) is 0.901. The van der Waals surface area contributed by atoms with Crippen LogP contribution in [0.15, 0.2) is 23.7 Å². The summed E-state index contributed by atoms with van der Waals surface area (Å²) in [6, 6.07) is 3.96. The summed E-state index contributed by atoms with van der Waals surface area (Å²) in [5.74, 6) is 1.70. The van der Waals surface area contributed by atoms with E-state index in [9.17, 15) is 4.79 Å². The smallest absolute Gasteiger partial charge is 0.256 e. The van der Waals surface area contributed by atoms with Crippen molar-refractivity contribution in [3.8, 4) is 0 Å². The second-order valence-corrected chi connectivity index (χ2v) is 8.51. The van der Waals surface area contributed by atoms with Crippen molar-refractivity contribution in [2.75, 3.05) is 43.4 Å². The lowest BCUT2D eigenvalue weighted by Gasteiger charge is -2.33. The normalized spacial score (nSPS) is 20.7. The maximum Gasteiger partial charge on any atom is 0.256 e. The maximum absolute atomic E-state index is 12.7. The summed E-state index contributed by atoms with van der Waals surface area (Å²) in [7, 11) is 2.15. The summed E-state index contributed by atoms with van der Waals surface area (Å²) < 4.78 is 0. The Hall–Kier alpha value is -1.92. The second-order valence-electron chi connectivity index (χ2n) is 7.55. The molecule has 6 heteroatoms. The number of likely N-dealkylation sites (N-methyl/N-ethyl adjacent to an activating group) is 1. The molecule has 1 saturated heterocycles. The molecule has 0 radical (unpaired) electrons. The minimum atomic E-state index is -0.00815. The number of fused-ring (bicyclic) bond motifs is 1. The molecule has 0 aromatic carbocycles. The number of rotatable bonds is 3. The number of amides is 1. The first-order chi connectivity index (χ1) is 12.6. The van der Waals surface area contributed by atoms with E-state index >= 15 is 0 Å². The molecule has 5 nitrogen and oxygen atoms in total. The van der Waals surface area contributed by atoms with Crippen molar-refractivity contribution in [3.63, 3.8) is 0 Å². The molecule has 1 fully saturated rings. The van der Waals surface area contributed by atoms with Crippen molar-refractivity contribution < 1.29 is 4.79 Å². The van der Waals surface area contributed by atoms with Crippen LogP contribution >= 0.6 is 11.3 Å². The zero-order valence-corrected chi connectivity index (χ0v) is 16.3. The highest BCUT2D eigenvalue weighted by molar-refractivity contribution is 7.10. The maximum atomic E-state index is 12.7. The number of pyridine rings is 1. The number of piperazine rings is 1. The van der Waals surface area contributed by atoms with Gasteiger partial charge < -0.3 is 15.1 Å². The number of hydrogen-bond acceptors (Lipinski definition) is 5. The Bertz CT molecular complexity index is 778. The number of hydrogen-bond donors (Lipinski definition) is 1. The number of nitrogens with one attached hydrogen (secondary N) is 1. The molecule has 2 aromatic heterocycles. The van der Waals surface area contributed by atoms with Crippen molar-refractivity contribution in [2.45, 2.75) is 26.2 Å². The van der Waals surface area contributed by atoms with Gasteiger partial charge in [0.15, 0.2) is 0 Å². The van der Waals surface area contributed by atoms with Crippen molar-refractivity contribution >= 4 is 28.7 Å². The molecule has 1 aliphatic carbocycles. The van der Waals surface area contributed by atoms with Gasteiger partial charge in [-0.3, -0.25) is 4.79 Å². The average Bonchev–Trinajstić information content (AvgIpc) is 3.06. The minimum Gasteiger partial charge on any atom is -0.354 e. The summed E-state index contributed by atoms with van der Waals surface area (Å²) >= 11 is 1.73. The Balaban J connectivity index is 1.42. The molecule has 0 bridgehead atoms. The Morgan fingerprint density at radius 2 is 2.08 bits per heavy atom. The third kappa shape index (κ3) is 3.62. The topological polar surface area (TPSA) is 48.5 Å². The molecule has 138 valence electrons.